The standard InChI is InChI=1S/C13H11NO4.5C2H6/c1-17-11-6-8-13(9-7-11)18-12-4-2-10(3-5-12)14(15)16;5*1-2/h2-9H,1H3;5*1-2H3. The Morgan fingerprint density at radius 1 is 0.607 bits per heavy atom. The van der Waals surface area contributed by atoms with Crippen LogP contribution in [0.5, 0.6) is 17.2 Å². The van der Waals surface area contributed by atoms with E-state index in [0.29, 0.717) is 11.5 Å². The van der Waals surface area contributed by atoms with E-state index in [1.165, 1.54) is 12.1 Å². The molecule has 5 nitrogen and oxygen atoms in total. The Hall–Kier alpha value is -2.56. The van der Waals surface area contributed by atoms with Crippen molar-refractivity contribution in [2.75, 3.05) is 7.11 Å². The first-order valence-electron chi connectivity index (χ1n) is 10.3. The van der Waals surface area contributed by atoms with Crippen LogP contribution in [0.3, 0.4) is 0 Å². The second-order valence-corrected chi connectivity index (χ2v) is 3.53. The lowest BCUT2D eigenvalue weighted by molar-refractivity contribution is -0.384. The number of nitro benzene ring substituents is 1. The predicted molar refractivity (Wildman–Crippen MR) is 123 cm³/mol. The summed E-state index contributed by atoms with van der Waals surface area (Å²) in [5.41, 5.74) is 0.0390. The summed E-state index contributed by atoms with van der Waals surface area (Å²) in [6.07, 6.45) is 0. The van der Waals surface area contributed by atoms with Gasteiger partial charge in [-0.2, -0.15) is 0 Å². The molecule has 0 aliphatic heterocycles. The highest BCUT2D eigenvalue weighted by molar-refractivity contribution is 5.39. The summed E-state index contributed by atoms with van der Waals surface area (Å²) in [6.45, 7) is 20.0. The van der Waals surface area contributed by atoms with E-state index in [2.05, 4.69) is 0 Å². The molecule has 0 saturated heterocycles. The van der Waals surface area contributed by atoms with Crippen LogP contribution in [0.25, 0.3) is 0 Å². The monoisotopic (exact) mass is 395 g/mol. The van der Waals surface area contributed by atoms with Gasteiger partial charge in [-0.05, 0) is 36.4 Å². The number of non-ortho nitro benzene ring substituents is 1. The summed E-state index contributed by atoms with van der Waals surface area (Å²) < 4.78 is 10.6. The van der Waals surface area contributed by atoms with Crippen LogP contribution >= 0.6 is 0 Å². The molecule has 0 aliphatic carbocycles. The molecule has 0 spiro atoms. The molecule has 0 aliphatic rings. The number of hydrogen-bond donors (Lipinski definition) is 0. The van der Waals surface area contributed by atoms with Crippen LogP contribution in [0.15, 0.2) is 48.5 Å². The van der Waals surface area contributed by atoms with Crippen molar-refractivity contribution in [3.63, 3.8) is 0 Å². The highest BCUT2D eigenvalue weighted by Crippen LogP contribution is 2.25. The number of nitrogens with zero attached hydrogens (tertiary/aromatic N) is 1. The van der Waals surface area contributed by atoms with Gasteiger partial charge in [-0.25, -0.2) is 0 Å². The van der Waals surface area contributed by atoms with Gasteiger partial charge in [0.05, 0.1) is 12.0 Å². The van der Waals surface area contributed by atoms with Crippen LogP contribution in [0.2, 0.25) is 0 Å². The Bertz CT molecular complexity index is 538. The minimum absolute atomic E-state index is 0.0390. The molecule has 0 heterocycles. The predicted octanol–water partition coefficient (Wildman–Crippen LogP) is 8.53. The van der Waals surface area contributed by atoms with E-state index in [9.17, 15) is 10.1 Å². The zero-order valence-corrected chi connectivity index (χ0v) is 19.7. The Morgan fingerprint density at radius 3 is 1.18 bits per heavy atom. The van der Waals surface area contributed by atoms with Crippen LogP contribution in [-0.4, -0.2) is 12.0 Å². The first-order chi connectivity index (χ1) is 13.7. The van der Waals surface area contributed by atoms with Crippen molar-refractivity contribution in [1.82, 2.24) is 0 Å². The zero-order chi connectivity index (χ0) is 23.0. The topological polar surface area (TPSA) is 61.6 Å². The third kappa shape index (κ3) is 15.7. The number of methoxy groups -OCH3 is 1. The van der Waals surface area contributed by atoms with E-state index in [1.54, 1.807) is 43.5 Å². The summed E-state index contributed by atoms with van der Waals surface area (Å²) in [6, 6.07) is 13.0. The van der Waals surface area contributed by atoms with Crippen molar-refractivity contribution >= 4 is 5.69 Å². The lowest BCUT2D eigenvalue weighted by Gasteiger charge is -2.06. The SMILES string of the molecule is CC.CC.CC.CC.CC.COc1ccc(Oc2ccc([N+](=O)[O-])cc2)cc1. The number of hydrogen-bond acceptors (Lipinski definition) is 4. The van der Waals surface area contributed by atoms with Gasteiger partial charge < -0.3 is 9.47 Å². The largest absolute Gasteiger partial charge is 0.497 e. The minimum atomic E-state index is -0.447. The molecule has 0 radical (unpaired) electrons. The number of ether oxygens (including phenoxy) is 2. The van der Waals surface area contributed by atoms with Gasteiger partial charge in [0.25, 0.3) is 5.69 Å². The van der Waals surface area contributed by atoms with E-state index in [1.807, 2.05) is 69.2 Å². The summed E-state index contributed by atoms with van der Waals surface area (Å²) >= 11 is 0. The fourth-order valence-corrected chi connectivity index (χ4v) is 1.42. The average Bonchev–Trinajstić information content (AvgIpc) is 2.81. The summed E-state index contributed by atoms with van der Waals surface area (Å²) in [7, 11) is 1.59. The van der Waals surface area contributed by atoms with Gasteiger partial charge in [0.2, 0.25) is 0 Å². The Balaban J connectivity index is -0.000000251. The number of rotatable bonds is 4. The van der Waals surface area contributed by atoms with Crippen LogP contribution in [0, 0.1) is 10.1 Å². The molecule has 28 heavy (non-hydrogen) atoms. The van der Waals surface area contributed by atoms with E-state index >= 15 is 0 Å². The van der Waals surface area contributed by atoms with Crippen molar-refractivity contribution in [3.8, 4) is 17.2 Å². The zero-order valence-electron chi connectivity index (χ0n) is 19.7. The average molecular weight is 396 g/mol. The molecule has 5 heteroatoms. The second kappa shape index (κ2) is 26.7. The maximum Gasteiger partial charge on any atom is 0.269 e. The Morgan fingerprint density at radius 2 is 0.893 bits per heavy atom. The van der Waals surface area contributed by atoms with Crippen molar-refractivity contribution in [2.45, 2.75) is 69.2 Å². The molecular weight excluding hydrogens is 354 g/mol. The molecule has 0 unspecified atom stereocenters. The Kier molecular flexibility index (Phi) is 31.5. The minimum Gasteiger partial charge on any atom is -0.497 e. The third-order valence-corrected chi connectivity index (χ3v) is 2.34. The molecule has 0 bridgehead atoms. The van der Waals surface area contributed by atoms with Crippen LogP contribution in [-0.2, 0) is 0 Å². The highest BCUT2D eigenvalue weighted by Gasteiger charge is 2.05. The third-order valence-electron chi connectivity index (χ3n) is 2.34. The fourth-order valence-electron chi connectivity index (χ4n) is 1.42. The van der Waals surface area contributed by atoms with Gasteiger partial charge in [-0.15, -0.1) is 0 Å². The van der Waals surface area contributed by atoms with Gasteiger partial charge in [0.15, 0.2) is 0 Å². The summed E-state index contributed by atoms with van der Waals surface area (Å²) in [5.74, 6) is 1.93. The van der Waals surface area contributed by atoms with E-state index in [0.717, 1.165) is 5.75 Å². The molecule has 2 aromatic carbocycles. The van der Waals surface area contributed by atoms with E-state index in [4.69, 9.17) is 9.47 Å². The molecule has 2 rings (SSSR count). The fraction of sp³-hybridized carbons (Fsp3) is 0.478. The van der Waals surface area contributed by atoms with Gasteiger partial charge in [-0.1, -0.05) is 69.2 Å². The molecule has 0 atom stereocenters. The van der Waals surface area contributed by atoms with Crippen molar-refractivity contribution in [3.05, 3.63) is 58.6 Å². The van der Waals surface area contributed by atoms with Crippen molar-refractivity contribution in [2.24, 2.45) is 0 Å². The van der Waals surface area contributed by atoms with Gasteiger partial charge >= 0.3 is 0 Å². The summed E-state index contributed by atoms with van der Waals surface area (Å²) in [5, 5.41) is 10.5. The molecule has 0 N–H and O–H groups in total. The van der Waals surface area contributed by atoms with E-state index < -0.39 is 4.92 Å². The van der Waals surface area contributed by atoms with Gasteiger partial charge in [0.1, 0.15) is 17.2 Å². The molecule has 0 aromatic heterocycles. The van der Waals surface area contributed by atoms with Crippen LogP contribution in [0.1, 0.15) is 69.2 Å². The van der Waals surface area contributed by atoms with Crippen molar-refractivity contribution in [1.29, 1.82) is 0 Å². The maximum atomic E-state index is 10.5. The van der Waals surface area contributed by atoms with E-state index in [-0.39, 0.29) is 5.69 Å². The first kappa shape index (κ1) is 33.1. The quantitative estimate of drug-likeness (QED) is 0.384. The highest BCUT2D eigenvalue weighted by atomic mass is 16.6. The Labute approximate surface area is 172 Å². The molecule has 0 fully saturated rings. The maximum absolute atomic E-state index is 10.5. The molecule has 0 saturated carbocycles. The summed E-state index contributed by atoms with van der Waals surface area (Å²) in [4.78, 5) is 10.0. The lowest BCUT2D eigenvalue weighted by Crippen LogP contribution is -1.88. The lowest BCUT2D eigenvalue weighted by atomic mass is 10.3. The number of nitro groups is 1. The van der Waals surface area contributed by atoms with Crippen molar-refractivity contribution < 1.29 is 14.4 Å². The van der Waals surface area contributed by atoms with Crippen LogP contribution < -0.4 is 9.47 Å². The molecule has 2 aromatic rings. The normalized spacial score (nSPS) is 7.39. The number of benzene rings is 2. The van der Waals surface area contributed by atoms with Gasteiger partial charge in [-0.3, -0.25) is 10.1 Å². The van der Waals surface area contributed by atoms with Crippen LogP contribution in [0.4, 0.5) is 5.69 Å². The second-order valence-electron chi connectivity index (χ2n) is 3.53. The first-order valence-corrected chi connectivity index (χ1v) is 10.3. The smallest absolute Gasteiger partial charge is 0.269 e. The molecule has 162 valence electrons. The molecule has 0 amide bonds. The van der Waals surface area contributed by atoms with Gasteiger partial charge in [0, 0.05) is 12.1 Å². The molecular formula is C23H41NO4.